The van der Waals surface area contributed by atoms with Crippen LogP contribution in [0.2, 0.25) is 0 Å². The fourth-order valence-electron chi connectivity index (χ4n) is 10.2. The van der Waals surface area contributed by atoms with Gasteiger partial charge >= 0.3 is 17.9 Å². The maximum atomic E-state index is 12.9. The lowest BCUT2D eigenvalue weighted by Gasteiger charge is -2.18. The summed E-state index contributed by atoms with van der Waals surface area (Å²) in [5.74, 6) is -0.873. The van der Waals surface area contributed by atoms with Gasteiger partial charge in [0.25, 0.3) is 0 Å². The van der Waals surface area contributed by atoms with Crippen molar-refractivity contribution in [2.24, 2.45) is 0 Å². The summed E-state index contributed by atoms with van der Waals surface area (Å²) in [5.41, 5.74) is 0. The van der Waals surface area contributed by atoms with Crippen molar-refractivity contribution in [2.45, 2.75) is 374 Å². The van der Waals surface area contributed by atoms with E-state index in [4.69, 9.17) is 14.2 Å². The summed E-state index contributed by atoms with van der Waals surface area (Å²) in [6.07, 6.45) is 86.8. The van der Waals surface area contributed by atoms with Gasteiger partial charge in [0.15, 0.2) is 6.10 Å². The molecule has 0 N–H and O–H groups in total. The molecule has 0 rings (SSSR count). The molecule has 0 spiro atoms. The zero-order valence-corrected chi connectivity index (χ0v) is 52.9. The van der Waals surface area contributed by atoms with Crippen LogP contribution in [-0.2, 0) is 28.6 Å². The Bertz CT molecular complexity index is 1410. The Morgan fingerprint density at radius 1 is 0.253 bits per heavy atom. The number of carbonyl (C=O) groups is 3. The van der Waals surface area contributed by atoms with E-state index in [2.05, 4.69) is 81.5 Å². The van der Waals surface area contributed by atoms with Gasteiger partial charge in [0.2, 0.25) is 0 Å². The second-order valence-electron chi connectivity index (χ2n) is 23.4. The standard InChI is InChI=1S/C73H132O6/c1-4-7-10-13-16-19-22-25-27-29-30-31-32-33-34-35-36-37-38-39-40-41-42-44-45-48-51-54-57-60-63-66-72(75)78-69-70(68-77-71(74)65-62-59-56-53-50-47-24-21-18-15-12-9-6-3)79-73(76)67-64-61-58-55-52-49-46-43-28-26-23-20-17-14-11-8-5-2/h17,20-22,24-26,28-30,70H,4-16,18-19,23,27,31-69H2,1-3H3/b20-17-,24-21-,25-22-,28-26-,30-29-. The average molecular weight is 1110 g/mol. The van der Waals surface area contributed by atoms with E-state index in [1.165, 1.54) is 244 Å². The first kappa shape index (κ1) is 76.1. The van der Waals surface area contributed by atoms with Gasteiger partial charge in [-0.2, -0.15) is 0 Å². The molecule has 0 saturated heterocycles. The summed E-state index contributed by atoms with van der Waals surface area (Å²) in [6.45, 7) is 6.62. The van der Waals surface area contributed by atoms with Crippen LogP contribution >= 0.6 is 0 Å². The van der Waals surface area contributed by atoms with E-state index in [1.54, 1.807) is 0 Å². The van der Waals surface area contributed by atoms with Gasteiger partial charge in [-0.3, -0.25) is 14.4 Å². The van der Waals surface area contributed by atoms with Crippen molar-refractivity contribution in [3.63, 3.8) is 0 Å². The highest BCUT2D eigenvalue weighted by Crippen LogP contribution is 2.18. The third kappa shape index (κ3) is 65.8. The minimum Gasteiger partial charge on any atom is -0.462 e. The van der Waals surface area contributed by atoms with Crippen LogP contribution in [0.5, 0.6) is 0 Å². The minimum absolute atomic E-state index is 0.0766. The van der Waals surface area contributed by atoms with Crippen LogP contribution in [0, 0.1) is 0 Å². The third-order valence-corrected chi connectivity index (χ3v) is 15.5. The smallest absolute Gasteiger partial charge is 0.306 e. The van der Waals surface area contributed by atoms with Crippen LogP contribution in [0.25, 0.3) is 0 Å². The lowest BCUT2D eigenvalue weighted by Crippen LogP contribution is -2.30. The Kier molecular flexibility index (Phi) is 65.1. The van der Waals surface area contributed by atoms with E-state index >= 15 is 0 Å². The summed E-state index contributed by atoms with van der Waals surface area (Å²) < 4.78 is 16.9. The molecule has 460 valence electrons. The molecule has 0 bridgehead atoms. The van der Waals surface area contributed by atoms with Gasteiger partial charge in [-0.15, -0.1) is 0 Å². The molecular weight excluding hydrogens is 973 g/mol. The molecule has 0 radical (unpaired) electrons. The third-order valence-electron chi connectivity index (χ3n) is 15.5. The first-order chi connectivity index (χ1) is 39.0. The molecule has 0 amide bonds. The van der Waals surface area contributed by atoms with Gasteiger partial charge < -0.3 is 14.2 Å². The number of hydrogen-bond donors (Lipinski definition) is 0. The number of carbonyl (C=O) groups excluding carboxylic acids is 3. The molecule has 0 aliphatic heterocycles. The van der Waals surface area contributed by atoms with Crippen molar-refractivity contribution in [1.29, 1.82) is 0 Å². The maximum Gasteiger partial charge on any atom is 0.306 e. The summed E-state index contributed by atoms with van der Waals surface area (Å²) >= 11 is 0. The zero-order chi connectivity index (χ0) is 57.1. The van der Waals surface area contributed by atoms with E-state index in [-0.39, 0.29) is 31.1 Å². The molecule has 0 aliphatic carbocycles. The molecule has 0 saturated carbocycles. The number of ether oxygens (including phenoxy) is 3. The molecule has 1 atom stereocenters. The van der Waals surface area contributed by atoms with Crippen molar-refractivity contribution < 1.29 is 28.6 Å². The predicted molar refractivity (Wildman–Crippen MR) is 344 cm³/mol. The van der Waals surface area contributed by atoms with Crippen LogP contribution in [0.3, 0.4) is 0 Å². The Labute approximate surface area is 491 Å². The van der Waals surface area contributed by atoms with Crippen molar-refractivity contribution in [3.8, 4) is 0 Å². The van der Waals surface area contributed by atoms with Gasteiger partial charge in [0.05, 0.1) is 0 Å². The summed E-state index contributed by atoms with van der Waals surface area (Å²) in [4.78, 5) is 38.3. The zero-order valence-electron chi connectivity index (χ0n) is 52.9. The Hall–Kier alpha value is -2.89. The molecule has 0 aromatic heterocycles. The highest BCUT2D eigenvalue weighted by molar-refractivity contribution is 5.71. The Morgan fingerprint density at radius 2 is 0.456 bits per heavy atom. The number of unbranched alkanes of at least 4 members (excludes halogenated alkanes) is 43. The first-order valence-corrected chi connectivity index (χ1v) is 34.8. The SMILES string of the molecule is CCCCC/C=C\C/C=C\CCCCCCCCCC(=O)OC(COC(=O)CCCCCCC/C=C\CCCCCC)COC(=O)CCCCCCCCCCCCCCCCCCCCC/C=C\C/C=C\CCCCCCC. The average Bonchev–Trinajstić information content (AvgIpc) is 3.45. The fraction of sp³-hybridized carbons (Fsp3) is 0.822. The Balaban J connectivity index is 4.17. The second kappa shape index (κ2) is 67.6. The van der Waals surface area contributed by atoms with Gasteiger partial charge in [-0.05, 0) is 109 Å². The highest BCUT2D eigenvalue weighted by atomic mass is 16.6. The van der Waals surface area contributed by atoms with Crippen LogP contribution in [0.4, 0.5) is 0 Å². The van der Waals surface area contributed by atoms with E-state index in [1.807, 2.05) is 0 Å². The topological polar surface area (TPSA) is 78.9 Å². The van der Waals surface area contributed by atoms with E-state index in [9.17, 15) is 14.4 Å². The van der Waals surface area contributed by atoms with Gasteiger partial charge in [0.1, 0.15) is 13.2 Å². The molecular formula is C73H132O6. The van der Waals surface area contributed by atoms with Crippen LogP contribution in [0.1, 0.15) is 367 Å². The van der Waals surface area contributed by atoms with Gasteiger partial charge in [-0.1, -0.05) is 300 Å². The molecule has 1 unspecified atom stereocenters. The summed E-state index contributed by atoms with van der Waals surface area (Å²) in [6, 6.07) is 0. The lowest BCUT2D eigenvalue weighted by molar-refractivity contribution is -0.167. The fourth-order valence-corrected chi connectivity index (χ4v) is 10.2. The largest absolute Gasteiger partial charge is 0.462 e. The van der Waals surface area contributed by atoms with Gasteiger partial charge in [0, 0.05) is 19.3 Å². The molecule has 79 heavy (non-hydrogen) atoms. The van der Waals surface area contributed by atoms with Gasteiger partial charge in [-0.25, -0.2) is 0 Å². The van der Waals surface area contributed by atoms with Crippen LogP contribution in [0.15, 0.2) is 60.8 Å². The van der Waals surface area contributed by atoms with Crippen molar-refractivity contribution >= 4 is 17.9 Å². The Morgan fingerprint density at radius 3 is 0.747 bits per heavy atom. The van der Waals surface area contributed by atoms with E-state index < -0.39 is 6.10 Å². The molecule has 6 nitrogen and oxygen atoms in total. The maximum absolute atomic E-state index is 12.9. The normalized spacial score (nSPS) is 12.4. The summed E-state index contributed by atoms with van der Waals surface area (Å²) in [7, 11) is 0. The van der Waals surface area contributed by atoms with Crippen LogP contribution in [-0.4, -0.2) is 37.2 Å². The summed E-state index contributed by atoms with van der Waals surface area (Å²) in [5, 5.41) is 0. The molecule has 0 aliphatic rings. The highest BCUT2D eigenvalue weighted by Gasteiger charge is 2.19. The number of esters is 3. The second-order valence-corrected chi connectivity index (χ2v) is 23.4. The predicted octanol–water partition coefficient (Wildman–Crippen LogP) is 23.9. The molecule has 0 aromatic rings. The number of allylic oxidation sites excluding steroid dienone is 10. The molecule has 0 aromatic carbocycles. The number of hydrogen-bond acceptors (Lipinski definition) is 6. The lowest BCUT2D eigenvalue weighted by atomic mass is 10.0. The van der Waals surface area contributed by atoms with E-state index in [0.717, 1.165) is 83.5 Å². The quantitative estimate of drug-likeness (QED) is 0.0261. The van der Waals surface area contributed by atoms with Crippen molar-refractivity contribution in [2.75, 3.05) is 13.2 Å². The minimum atomic E-state index is -0.781. The van der Waals surface area contributed by atoms with Crippen LogP contribution < -0.4 is 0 Å². The first-order valence-electron chi connectivity index (χ1n) is 34.8. The monoisotopic (exact) mass is 1110 g/mol. The molecule has 0 fully saturated rings. The van der Waals surface area contributed by atoms with Crippen molar-refractivity contribution in [3.05, 3.63) is 60.8 Å². The molecule has 0 heterocycles. The molecule has 6 heteroatoms. The number of rotatable bonds is 64. The van der Waals surface area contributed by atoms with E-state index in [0.29, 0.717) is 19.3 Å². The van der Waals surface area contributed by atoms with Crippen molar-refractivity contribution in [1.82, 2.24) is 0 Å².